The lowest BCUT2D eigenvalue weighted by Gasteiger charge is -2.28. The van der Waals surface area contributed by atoms with Gasteiger partial charge in [-0.3, -0.25) is 0 Å². The number of imide groups is 1. The monoisotopic (exact) mass is 594 g/mol. The minimum atomic E-state index is -1.00. The van der Waals surface area contributed by atoms with Crippen molar-refractivity contribution < 1.29 is 23.5 Å². The maximum absolute atomic E-state index is 14.8. The van der Waals surface area contributed by atoms with Crippen LogP contribution in [0.2, 0.25) is 5.02 Å². The molecule has 4 rings (SSSR count). The molecule has 1 aromatic carbocycles. The predicted octanol–water partition coefficient (Wildman–Crippen LogP) is 6.60. The zero-order valence-electron chi connectivity index (χ0n) is 24.0. The Morgan fingerprint density at radius 3 is 2.33 bits per heavy atom. The van der Waals surface area contributed by atoms with Gasteiger partial charge in [0.1, 0.15) is 45.9 Å². The van der Waals surface area contributed by atoms with Crippen LogP contribution in [0, 0.1) is 24.1 Å². The van der Waals surface area contributed by atoms with Gasteiger partial charge in [-0.1, -0.05) is 17.7 Å². The third-order valence-electron chi connectivity index (χ3n) is 5.29. The number of hydrogen-bond donors (Lipinski definition) is 1. The summed E-state index contributed by atoms with van der Waals surface area (Å²) < 4.78 is 27.0. The molecule has 3 heterocycles. The van der Waals surface area contributed by atoms with Crippen LogP contribution in [0.3, 0.4) is 0 Å². The number of rotatable bonds is 4. The molecule has 1 N–H and O–H groups in total. The molecule has 4 aromatic rings. The first-order chi connectivity index (χ1) is 19.6. The van der Waals surface area contributed by atoms with Crippen molar-refractivity contribution in [2.75, 3.05) is 10.2 Å². The number of amides is 2. The average Bonchev–Trinajstić information content (AvgIpc) is 3.29. The van der Waals surface area contributed by atoms with E-state index in [0.29, 0.717) is 4.90 Å². The highest BCUT2D eigenvalue weighted by molar-refractivity contribution is 6.32. The number of ether oxygens (including phenoxy) is 2. The Kier molecular flexibility index (Phi) is 8.04. The van der Waals surface area contributed by atoms with Crippen molar-refractivity contribution in [3.63, 3.8) is 0 Å². The first-order valence-corrected chi connectivity index (χ1v) is 13.1. The van der Waals surface area contributed by atoms with E-state index in [9.17, 15) is 19.2 Å². The minimum Gasteiger partial charge on any atom is -0.443 e. The number of nitrogens with one attached hydrogen (secondary N) is 1. The second kappa shape index (κ2) is 11.2. The molecule has 2 amide bonds. The smallest absolute Gasteiger partial charge is 0.425 e. The molecule has 0 aliphatic rings. The van der Waals surface area contributed by atoms with E-state index in [0.717, 1.165) is 6.20 Å². The SMILES string of the molecule is Cc1nc(Nc2ncc(F)c3nn(-c4c(Cl)cccc4C#N)cc23)cc(N(C(=O)OC(C)(C)C)C(=O)OC(C)(C)C)n1. The zero-order chi connectivity index (χ0) is 31.0. The lowest BCUT2D eigenvalue weighted by atomic mass is 10.2. The molecule has 0 atom stereocenters. The molecule has 3 aromatic heterocycles. The normalized spacial score (nSPS) is 11.6. The van der Waals surface area contributed by atoms with E-state index in [1.165, 1.54) is 16.9 Å². The van der Waals surface area contributed by atoms with Crippen molar-refractivity contribution in [2.45, 2.75) is 59.7 Å². The van der Waals surface area contributed by atoms with Crippen LogP contribution in [0.25, 0.3) is 16.6 Å². The van der Waals surface area contributed by atoms with Crippen molar-refractivity contribution in [3.8, 4) is 11.8 Å². The van der Waals surface area contributed by atoms with Gasteiger partial charge in [0.15, 0.2) is 11.6 Å². The first kappa shape index (κ1) is 30.1. The number of nitriles is 1. The molecule has 0 saturated carbocycles. The summed E-state index contributed by atoms with van der Waals surface area (Å²) >= 11 is 6.34. The Morgan fingerprint density at radius 2 is 1.74 bits per heavy atom. The van der Waals surface area contributed by atoms with Gasteiger partial charge in [-0.15, -0.1) is 0 Å². The molecule has 14 heteroatoms. The molecule has 218 valence electrons. The van der Waals surface area contributed by atoms with Gasteiger partial charge in [0.05, 0.1) is 22.2 Å². The van der Waals surface area contributed by atoms with Crippen molar-refractivity contribution in [2.24, 2.45) is 0 Å². The van der Waals surface area contributed by atoms with Gasteiger partial charge < -0.3 is 14.8 Å². The van der Waals surface area contributed by atoms with E-state index in [2.05, 4.69) is 31.4 Å². The van der Waals surface area contributed by atoms with Crippen LogP contribution >= 0.6 is 11.6 Å². The van der Waals surface area contributed by atoms with Gasteiger partial charge in [0.2, 0.25) is 0 Å². The van der Waals surface area contributed by atoms with Crippen LogP contribution in [-0.2, 0) is 9.47 Å². The highest BCUT2D eigenvalue weighted by atomic mass is 35.5. The highest BCUT2D eigenvalue weighted by Gasteiger charge is 2.34. The van der Waals surface area contributed by atoms with Crippen LogP contribution in [0.5, 0.6) is 0 Å². The Hall–Kier alpha value is -4.83. The summed E-state index contributed by atoms with van der Waals surface area (Å²) in [5.74, 6) is -0.375. The molecule has 0 aliphatic carbocycles. The molecule has 0 bridgehead atoms. The highest BCUT2D eigenvalue weighted by Crippen LogP contribution is 2.31. The first-order valence-electron chi connectivity index (χ1n) is 12.7. The number of nitrogens with zero attached hydrogens (tertiary/aromatic N) is 7. The van der Waals surface area contributed by atoms with E-state index < -0.39 is 29.2 Å². The summed E-state index contributed by atoms with van der Waals surface area (Å²) in [4.78, 5) is 39.7. The van der Waals surface area contributed by atoms with E-state index in [4.69, 9.17) is 21.1 Å². The Labute approximate surface area is 246 Å². The van der Waals surface area contributed by atoms with E-state index >= 15 is 0 Å². The molecular weight excluding hydrogens is 567 g/mol. The number of halogens is 2. The number of aryl methyl sites for hydroxylation is 1. The number of para-hydroxylation sites is 1. The number of carbonyl (C=O) groups is 2. The maximum Gasteiger partial charge on any atom is 0.425 e. The summed E-state index contributed by atoms with van der Waals surface area (Å²) in [7, 11) is 0. The van der Waals surface area contributed by atoms with E-state index in [1.807, 2.05) is 0 Å². The number of anilines is 3. The molecule has 0 spiro atoms. The van der Waals surface area contributed by atoms with E-state index in [-0.39, 0.29) is 50.5 Å². The minimum absolute atomic E-state index is 0.0496. The number of pyridine rings is 1. The van der Waals surface area contributed by atoms with Gasteiger partial charge in [0, 0.05) is 12.3 Å². The molecular formula is C28H28ClFN8O4. The number of aromatic nitrogens is 5. The van der Waals surface area contributed by atoms with Crippen molar-refractivity contribution in [3.05, 3.63) is 58.9 Å². The van der Waals surface area contributed by atoms with Gasteiger partial charge in [-0.2, -0.15) is 15.3 Å². The molecule has 0 saturated heterocycles. The number of hydrogen-bond acceptors (Lipinski definition) is 10. The zero-order valence-corrected chi connectivity index (χ0v) is 24.7. The molecule has 12 nitrogen and oxygen atoms in total. The third-order valence-corrected chi connectivity index (χ3v) is 5.60. The van der Waals surface area contributed by atoms with Crippen LogP contribution < -0.4 is 10.2 Å². The average molecular weight is 595 g/mol. The predicted molar refractivity (Wildman–Crippen MR) is 154 cm³/mol. The third kappa shape index (κ3) is 6.72. The lowest BCUT2D eigenvalue weighted by Crippen LogP contribution is -2.44. The molecule has 0 unspecified atom stereocenters. The standard InChI is InChI=1S/C28H28ClFN8O4/c1-15-33-20(11-21(34-15)38(25(39)41-27(2,3)4)26(40)42-28(5,6)7)35-24-17-14-37(36-22(17)19(30)13-32-24)23-16(12-31)9-8-10-18(23)29/h8-11,13-14H,1-7H3,(H,32,33,34,35). The van der Waals surface area contributed by atoms with Crippen LogP contribution in [0.15, 0.2) is 36.7 Å². The molecule has 0 aliphatic heterocycles. The second-order valence-corrected chi connectivity index (χ2v) is 11.5. The summed E-state index contributed by atoms with van der Waals surface area (Å²) in [5.41, 5.74) is -1.38. The van der Waals surface area contributed by atoms with E-state index in [1.54, 1.807) is 66.7 Å². The fourth-order valence-corrected chi connectivity index (χ4v) is 4.02. The topological polar surface area (TPSA) is 148 Å². The molecule has 0 fully saturated rings. The summed E-state index contributed by atoms with van der Waals surface area (Å²) in [5, 5.41) is 17.3. The Morgan fingerprint density at radius 1 is 1.10 bits per heavy atom. The Balaban J connectivity index is 1.78. The second-order valence-electron chi connectivity index (χ2n) is 11.1. The van der Waals surface area contributed by atoms with Gasteiger partial charge >= 0.3 is 12.2 Å². The summed E-state index contributed by atoms with van der Waals surface area (Å²) in [6.07, 6.45) is 0.441. The largest absolute Gasteiger partial charge is 0.443 e. The summed E-state index contributed by atoms with van der Waals surface area (Å²) in [6.45, 7) is 11.5. The Bertz CT molecular complexity index is 1710. The fourth-order valence-electron chi connectivity index (χ4n) is 3.76. The maximum atomic E-state index is 14.8. The quantitative estimate of drug-likeness (QED) is 0.274. The number of carbonyl (C=O) groups excluding carboxylic acids is 2. The number of fused-ring (bicyclic) bond motifs is 1. The number of benzene rings is 1. The van der Waals surface area contributed by atoms with Crippen LogP contribution in [0.4, 0.5) is 31.4 Å². The van der Waals surface area contributed by atoms with Gasteiger partial charge in [0.25, 0.3) is 0 Å². The van der Waals surface area contributed by atoms with Crippen LogP contribution in [-0.4, -0.2) is 48.1 Å². The molecule has 0 radical (unpaired) electrons. The lowest BCUT2D eigenvalue weighted by molar-refractivity contribution is 0.0429. The molecule has 42 heavy (non-hydrogen) atoms. The van der Waals surface area contributed by atoms with Crippen molar-refractivity contribution in [1.82, 2.24) is 24.7 Å². The summed E-state index contributed by atoms with van der Waals surface area (Å²) in [6, 6.07) is 8.14. The van der Waals surface area contributed by atoms with Gasteiger partial charge in [-0.05, 0) is 60.6 Å². The van der Waals surface area contributed by atoms with Crippen molar-refractivity contribution in [1.29, 1.82) is 5.26 Å². The van der Waals surface area contributed by atoms with Crippen molar-refractivity contribution >= 4 is 52.1 Å². The van der Waals surface area contributed by atoms with Crippen LogP contribution in [0.1, 0.15) is 52.9 Å². The fraction of sp³-hybridized carbons (Fsp3) is 0.321. The van der Waals surface area contributed by atoms with Gasteiger partial charge in [-0.25, -0.2) is 33.6 Å².